The van der Waals surface area contributed by atoms with Crippen molar-refractivity contribution in [3.8, 4) is 0 Å². The third-order valence-electron chi connectivity index (χ3n) is 4.15. The van der Waals surface area contributed by atoms with Crippen molar-refractivity contribution in [3.63, 3.8) is 0 Å². The van der Waals surface area contributed by atoms with Gasteiger partial charge >= 0.3 is 6.03 Å². The zero-order chi connectivity index (χ0) is 17.8. The van der Waals surface area contributed by atoms with E-state index in [4.69, 9.17) is 0 Å². The maximum Gasteiger partial charge on any atom is 0.315 e. The summed E-state index contributed by atoms with van der Waals surface area (Å²) in [5.74, 6) is -0.521. The maximum absolute atomic E-state index is 13.3. The molecule has 2 aromatic rings. The molecule has 1 aliphatic rings. The highest BCUT2D eigenvalue weighted by Gasteiger charge is 2.31. The summed E-state index contributed by atoms with van der Waals surface area (Å²) in [5.41, 5.74) is 2.68. The number of nitrogens with one attached hydrogen (secondary N) is 2. The van der Waals surface area contributed by atoms with Crippen molar-refractivity contribution >= 4 is 17.6 Å². The van der Waals surface area contributed by atoms with Gasteiger partial charge in [0.2, 0.25) is 5.91 Å². The average Bonchev–Trinajstić information content (AvgIpc) is 2.94. The molecule has 2 N–H and O–H groups in total. The number of rotatable bonds is 4. The number of benzene rings is 2. The number of urea groups is 1. The number of amides is 3. The molecule has 130 valence electrons. The van der Waals surface area contributed by atoms with Gasteiger partial charge < -0.3 is 15.5 Å². The highest BCUT2D eigenvalue weighted by atomic mass is 19.1. The van der Waals surface area contributed by atoms with Gasteiger partial charge in [0.05, 0.1) is 6.04 Å². The number of nitrogens with zero attached hydrogens (tertiary/aromatic N) is 1. The third kappa shape index (κ3) is 4.35. The Bertz CT molecular complexity index is 776. The molecule has 0 radical (unpaired) electrons. The molecule has 25 heavy (non-hydrogen) atoms. The van der Waals surface area contributed by atoms with Crippen LogP contribution in [0, 0.1) is 12.7 Å². The van der Waals surface area contributed by atoms with E-state index >= 15 is 0 Å². The van der Waals surface area contributed by atoms with Crippen molar-refractivity contribution in [1.29, 1.82) is 0 Å². The molecule has 1 aliphatic heterocycles. The molecule has 1 unspecified atom stereocenters. The zero-order valence-electron chi connectivity index (χ0n) is 14.0. The van der Waals surface area contributed by atoms with Gasteiger partial charge in [0.25, 0.3) is 0 Å². The minimum Gasteiger partial charge on any atom is -0.334 e. The molecule has 0 aromatic heterocycles. The Hall–Kier alpha value is -2.89. The van der Waals surface area contributed by atoms with E-state index in [0.717, 1.165) is 11.1 Å². The lowest BCUT2D eigenvalue weighted by Gasteiger charge is -2.17. The van der Waals surface area contributed by atoms with E-state index in [1.807, 2.05) is 31.2 Å². The molecule has 3 amide bonds. The van der Waals surface area contributed by atoms with Gasteiger partial charge in [0.1, 0.15) is 5.82 Å². The van der Waals surface area contributed by atoms with Gasteiger partial charge in [-0.1, -0.05) is 35.9 Å². The number of hydrogen-bond donors (Lipinski definition) is 2. The van der Waals surface area contributed by atoms with Crippen LogP contribution in [-0.2, 0) is 11.3 Å². The molecule has 2 aromatic carbocycles. The van der Waals surface area contributed by atoms with Crippen molar-refractivity contribution < 1.29 is 14.0 Å². The van der Waals surface area contributed by atoms with Gasteiger partial charge in [0, 0.05) is 25.2 Å². The molecule has 0 bridgehead atoms. The van der Waals surface area contributed by atoms with E-state index in [1.165, 1.54) is 17.0 Å². The molecular weight excluding hydrogens is 321 g/mol. The predicted octanol–water partition coefficient (Wildman–Crippen LogP) is 2.74. The Kier molecular flexibility index (Phi) is 4.97. The first-order valence-corrected chi connectivity index (χ1v) is 8.17. The van der Waals surface area contributed by atoms with E-state index < -0.39 is 5.82 Å². The van der Waals surface area contributed by atoms with Gasteiger partial charge in [0.15, 0.2) is 0 Å². The molecule has 0 spiro atoms. The van der Waals surface area contributed by atoms with Crippen molar-refractivity contribution in [1.82, 2.24) is 10.6 Å². The fourth-order valence-corrected chi connectivity index (χ4v) is 2.82. The number of hydrogen-bond acceptors (Lipinski definition) is 2. The van der Waals surface area contributed by atoms with Gasteiger partial charge in [-0.05, 0) is 30.7 Å². The lowest BCUT2D eigenvalue weighted by atomic mass is 10.1. The molecule has 3 rings (SSSR count). The monoisotopic (exact) mass is 341 g/mol. The number of anilines is 1. The van der Waals surface area contributed by atoms with Crippen LogP contribution in [0.2, 0.25) is 0 Å². The summed E-state index contributed by atoms with van der Waals surface area (Å²) in [4.78, 5) is 25.6. The lowest BCUT2D eigenvalue weighted by Crippen LogP contribution is -2.43. The van der Waals surface area contributed by atoms with Crippen molar-refractivity contribution in [3.05, 3.63) is 65.5 Å². The minimum absolute atomic E-state index is 0.130. The normalized spacial score (nSPS) is 16.8. The summed E-state index contributed by atoms with van der Waals surface area (Å²) in [6.07, 6.45) is 0.203. The van der Waals surface area contributed by atoms with Crippen LogP contribution in [0.5, 0.6) is 0 Å². The molecule has 1 heterocycles. The van der Waals surface area contributed by atoms with Gasteiger partial charge in [-0.25, -0.2) is 9.18 Å². The van der Waals surface area contributed by atoms with Crippen LogP contribution < -0.4 is 15.5 Å². The molecule has 1 saturated heterocycles. The summed E-state index contributed by atoms with van der Waals surface area (Å²) >= 11 is 0. The smallest absolute Gasteiger partial charge is 0.315 e. The number of halogens is 1. The Labute approximate surface area is 145 Å². The van der Waals surface area contributed by atoms with Crippen molar-refractivity contribution in [2.75, 3.05) is 11.4 Å². The van der Waals surface area contributed by atoms with Crippen molar-refractivity contribution in [2.45, 2.75) is 25.9 Å². The second-order valence-electron chi connectivity index (χ2n) is 6.20. The van der Waals surface area contributed by atoms with Gasteiger partial charge in [-0.2, -0.15) is 0 Å². The first-order valence-electron chi connectivity index (χ1n) is 8.17. The van der Waals surface area contributed by atoms with Crippen LogP contribution in [0.1, 0.15) is 17.5 Å². The van der Waals surface area contributed by atoms with Gasteiger partial charge in [-0.3, -0.25) is 4.79 Å². The molecule has 1 atom stereocenters. The lowest BCUT2D eigenvalue weighted by molar-refractivity contribution is -0.117. The summed E-state index contributed by atoms with van der Waals surface area (Å²) in [6.45, 7) is 2.76. The van der Waals surface area contributed by atoms with E-state index in [1.54, 1.807) is 12.1 Å². The average molecular weight is 341 g/mol. The molecule has 0 saturated carbocycles. The second kappa shape index (κ2) is 7.34. The maximum atomic E-state index is 13.3. The third-order valence-corrected chi connectivity index (χ3v) is 4.15. The topological polar surface area (TPSA) is 61.4 Å². The Morgan fingerprint density at radius 2 is 2.00 bits per heavy atom. The Morgan fingerprint density at radius 1 is 1.24 bits per heavy atom. The van der Waals surface area contributed by atoms with Crippen LogP contribution in [-0.4, -0.2) is 24.5 Å². The highest BCUT2D eigenvalue weighted by Crippen LogP contribution is 2.22. The quantitative estimate of drug-likeness (QED) is 0.898. The summed E-state index contributed by atoms with van der Waals surface area (Å²) < 4.78 is 13.3. The number of carbonyl (C=O) groups excluding carboxylic acids is 2. The first kappa shape index (κ1) is 17.0. The predicted molar refractivity (Wildman–Crippen MR) is 93.7 cm³/mol. The molecule has 1 fully saturated rings. The number of aryl methyl sites for hydroxylation is 1. The van der Waals surface area contributed by atoms with Gasteiger partial charge in [-0.15, -0.1) is 0 Å². The minimum atomic E-state index is -0.391. The summed E-state index contributed by atoms with van der Waals surface area (Å²) in [6, 6.07) is 13.2. The molecular formula is C19H20FN3O2. The number of carbonyl (C=O) groups is 2. The Balaban J connectivity index is 1.52. The largest absolute Gasteiger partial charge is 0.334 e. The van der Waals surface area contributed by atoms with Crippen LogP contribution in [0.25, 0.3) is 0 Å². The van der Waals surface area contributed by atoms with Crippen LogP contribution in [0.15, 0.2) is 48.5 Å². The Morgan fingerprint density at radius 3 is 2.72 bits per heavy atom. The SMILES string of the molecule is Cc1ccc(CNC(=O)NC2CC(=O)N(c3cccc(F)c3)C2)cc1. The molecule has 6 heteroatoms. The fourth-order valence-electron chi connectivity index (χ4n) is 2.82. The van der Waals surface area contributed by atoms with Crippen LogP contribution >= 0.6 is 0 Å². The standard InChI is InChI=1S/C19H20FN3O2/c1-13-5-7-14(8-6-13)11-21-19(25)22-16-10-18(24)23(12-16)17-4-2-3-15(20)9-17/h2-9,16H,10-12H2,1H3,(H2,21,22,25). The molecule has 0 aliphatic carbocycles. The molecule has 5 nitrogen and oxygen atoms in total. The first-order chi connectivity index (χ1) is 12.0. The highest BCUT2D eigenvalue weighted by molar-refractivity contribution is 5.96. The van der Waals surface area contributed by atoms with E-state index in [-0.39, 0.29) is 24.4 Å². The van der Waals surface area contributed by atoms with Crippen LogP contribution in [0.4, 0.5) is 14.9 Å². The van der Waals surface area contributed by atoms with E-state index in [9.17, 15) is 14.0 Å². The summed E-state index contributed by atoms with van der Waals surface area (Å²) in [5, 5.41) is 5.58. The van der Waals surface area contributed by atoms with Crippen LogP contribution in [0.3, 0.4) is 0 Å². The second-order valence-corrected chi connectivity index (χ2v) is 6.20. The van der Waals surface area contributed by atoms with Crippen molar-refractivity contribution in [2.24, 2.45) is 0 Å². The van der Waals surface area contributed by atoms with E-state index in [2.05, 4.69) is 10.6 Å². The summed E-state index contributed by atoms with van der Waals surface area (Å²) in [7, 11) is 0. The zero-order valence-corrected chi connectivity index (χ0v) is 14.0. The fraction of sp³-hybridized carbons (Fsp3) is 0.263. The van der Waals surface area contributed by atoms with E-state index in [0.29, 0.717) is 18.8 Å².